The Morgan fingerprint density at radius 3 is 1.54 bits per heavy atom. The highest BCUT2D eigenvalue weighted by Gasteiger charge is 2.32. The van der Waals surface area contributed by atoms with Crippen molar-refractivity contribution in [3.8, 4) is 17.2 Å². The van der Waals surface area contributed by atoms with Crippen LogP contribution in [0.25, 0.3) is 6.08 Å². The molecule has 0 saturated heterocycles. The predicted octanol–water partition coefficient (Wildman–Crippen LogP) is 5.50. The van der Waals surface area contributed by atoms with Crippen molar-refractivity contribution in [1.82, 2.24) is 0 Å². The molecule has 0 saturated carbocycles. The molecule has 0 fully saturated rings. The quantitative estimate of drug-likeness (QED) is 0.392. The fraction of sp³-hybridized carbons (Fsp3) is 0.556. The van der Waals surface area contributed by atoms with Crippen LogP contribution in [-0.4, -0.2) is 35.2 Å². The summed E-state index contributed by atoms with van der Waals surface area (Å²) in [6, 6.07) is 0. The van der Waals surface area contributed by atoms with Crippen LogP contribution in [0.5, 0.6) is 17.2 Å². The third kappa shape index (κ3) is 6.60. The van der Waals surface area contributed by atoms with E-state index >= 15 is 0 Å². The highest BCUT2D eigenvalue weighted by atomic mass is 35.5. The zero-order valence-electron chi connectivity index (χ0n) is 17.6. The fourth-order valence-corrected chi connectivity index (χ4v) is 5.54. The lowest BCUT2D eigenvalue weighted by Crippen LogP contribution is -2.37. The molecule has 0 amide bonds. The summed E-state index contributed by atoms with van der Waals surface area (Å²) in [5.74, 6) is 2.42. The van der Waals surface area contributed by atoms with E-state index in [4.69, 9.17) is 24.9 Å². The molecule has 8 heteroatoms. The van der Waals surface area contributed by atoms with E-state index in [0.717, 1.165) is 16.3 Å². The molecule has 3 nitrogen and oxygen atoms in total. The van der Waals surface area contributed by atoms with E-state index in [1.165, 1.54) is 0 Å². The summed E-state index contributed by atoms with van der Waals surface area (Å²) >= 11 is 6.34. The van der Waals surface area contributed by atoms with Gasteiger partial charge in [-0.3, -0.25) is 0 Å². The number of halogens is 1. The lowest BCUT2D eigenvalue weighted by Gasteiger charge is -2.33. The van der Waals surface area contributed by atoms with Crippen LogP contribution in [-0.2, 0) is 5.88 Å². The smallest absolute Gasteiger partial charge is 0.242 e. The zero-order chi connectivity index (χ0) is 20.5. The van der Waals surface area contributed by atoms with Crippen LogP contribution in [0.2, 0.25) is 58.9 Å². The molecule has 0 unspecified atom stereocenters. The fourth-order valence-electron chi connectivity index (χ4n) is 2.32. The lowest BCUT2D eigenvalue weighted by atomic mass is 10.1. The van der Waals surface area contributed by atoms with Gasteiger partial charge in [-0.15, -0.1) is 11.6 Å². The Labute approximate surface area is 170 Å². The van der Waals surface area contributed by atoms with Gasteiger partial charge in [-0.2, -0.15) is 0 Å². The second kappa shape index (κ2) is 8.26. The maximum Gasteiger partial charge on any atom is 0.242 e. The van der Waals surface area contributed by atoms with Gasteiger partial charge in [0.2, 0.25) is 25.0 Å². The van der Waals surface area contributed by atoms with Crippen molar-refractivity contribution in [3.05, 3.63) is 17.7 Å². The van der Waals surface area contributed by atoms with Gasteiger partial charge in [0.05, 0.1) is 16.1 Å². The highest BCUT2D eigenvalue weighted by molar-refractivity contribution is 6.72. The highest BCUT2D eigenvalue weighted by Crippen LogP contribution is 2.45. The molecular formula is C18H32ClO3Si4. The van der Waals surface area contributed by atoms with Crippen molar-refractivity contribution < 1.29 is 13.3 Å². The summed E-state index contributed by atoms with van der Waals surface area (Å²) in [6.45, 7) is 23.3. The largest absolute Gasteiger partial charge is 0.542 e. The monoisotopic (exact) mass is 443 g/mol. The van der Waals surface area contributed by atoms with Gasteiger partial charge in [-0.25, -0.2) is 0 Å². The first kappa shape index (κ1) is 23.6. The Balaban J connectivity index is 3.91. The molecule has 0 bridgehead atoms. The minimum absolute atomic E-state index is 0.313. The molecular weight excluding hydrogens is 412 g/mol. The lowest BCUT2D eigenvalue weighted by molar-refractivity contribution is 0.454. The van der Waals surface area contributed by atoms with Crippen molar-refractivity contribution in [2.45, 2.75) is 64.8 Å². The van der Waals surface area contributed by atoms with E-state index in [-0.39, 0.29) is 0 Å². The van der Waals surface area contributed by atoms with Crippen LogP contribution < -0.4 is 18.5 Å². The van der Waals surface area contributed by atoms with Crippen LogP contribution in [0.1, 0.15) is 11.1 Å². The average Bonchev–Trinajstić information content (AvgIpc) is 2.41. The minimum atomic E-state index is -1.92. The van der Waals surface area contributed by atoms with E-state index in [9.17, 15) is 0 Å². The van der Waals surface area contributed by atoms with Crippen molar-refractivity contribution in [1.29, 1.82) is 0 Å². The molecule has 0 aliphatic heterocycles. The maximum absolute atomic E-state index is 6.49. The van der Waals surface area contributed by atoms with Crippen LogP contribution in [0, 0.1) is 0 Å². The third-order valence-corrected chi connectivity index (χ3v) is 6.28. The first-order valence-electron chi connectivity index (χ1n) is 8.79. The Kier molecular flexibility index (Phi) is 7.48. The standard InChI is InChI=1S/C18H32ClO3Si4/c1-11-13-14(12-19)15(20-24(2,3)4)16(21-25(5,6)7)17(18(13)23)22-26(8,9)10/h11H,1,12H2,2-10H3. The average molecular weight is 444 g/mol. The van der Waals surface area contributed by atoms with Crippen molar-refractivity contribution >= 4 is 58.1 Å². The molecule has 0 aliphatic rings. The number of rotatable bonds is 8. The summed E-state index contributed by atoms with van der Waals surface area (Å²) in [5, 5.41) is 0.828. The van der Waals surface area contributed by atoms with Crippen molar-refractivity contribution in [3.63, 3.8) is 0 Å². The Bertz CT molecular complexity index is 671. The van der Waals surface area contributed by atoms with E-state index < -0.39 is 25.0 Å². The van der Waals surface area contributed by atoms with Crippen LogP contribution in [0.3, 0.4) is 0 Å². The zero-order valence-corrected chi connectivity index (χ0v) is 22.4. The van der Waals surface area contributed by atoms with Gasteiger partial charge in [0.25, 0.3) is 0 Å². The molecule has 0 heterocycles. The van der Waals surface area contributed by atoms with Gasteiger partial charge in [0, 0.05) is 5.56 Å². The molecule has 1 aromatic rings. The molecule has 145 valence electrons. The molecule has 1 rings (SSSR count). The van der Waals surface area contributed by atoms with E-state index in [1.807, 2.05) is 0 Å². The molecule has 0 N–H and O–H groups in total. The summed E-state index contributed by atoms with van der Waals surface area (Å²) in [4.78, 5) is 0. The maximum atomic E-state index is 6.49. The van der Waals surface area contributed by atoms with Crippen molar-refractivity contribution in [2.24, 2.45) is 0 Å². The minimum Gasteiger partial charge on any atom is -0.542 e. The second-order valence-corrected chi connectivity index (χ2v) is 23.3. The van der Waals surface area contributed by atoms with E-state index in [2.05, 4.69) is 75.7 Å². The summed E-state index contributed by atoms with van der Waals surface area (Å²) < 4.78 is 19.4. The van der Waals surface area contributed by atoms with Gasteiger partial charge in [0.15, 0.2) is 11.5 Å². The molecule has 0 aromatic heterocycles. The molecule has 0 aliphatic carbocycles. The first-order valence-corrected chi connectivity index (χ1v) is 20.1. The number of hydrogen-bond acceptors (Lipinski definition) is 3. The Hall–Kier alpha value is -0.482. The number of benzene rings is 1. The molecule has 26 heavy (non-hydrogen) atoms. The van der Waals surface area contributed by atoms with Crippen LogP contribution in [0.4, 0.5) is 0 Å². The second-order valence-electron chi connectivity index (χ2n) is 9.24. The van der Waals surface area contributed by atoms with E-state index in [1.54, 1.807) is 6.08 Å². The summed E-state index contributed by atoms with van der Waals surface area (Å²) in [5.41, 5.74) is 1.80. The number of alkyl halides is 1. The molecule has 3 radical (unpaired) electrons. The third-order valence-electron chi connectivity index (χ3n) is 3.07. The SMILES string of the molecule is C=Cc1c([Si])c(O[Si](C)(C)C)c(O[Si](C)(C)C)c(O[Si](C)(C)C)c1CCl. The first-order chi connectivity index (χ1) is 11.6. The van der Waals surface area contributed by atoms with Gasteiger partial charge >= 0.3 is 0 Å². The predicted molar refractivity (Wildman–Crippen MR) is 123 cm³/mol. The van der Waals surface area contributed by atoms with Crippen molar-refractivity contribution in [2.75, 3.05) is 0 Å². The topological polar surface area (TPSA) is 27.7 Å². The van der Waals surface area contributed by atoms with Gasteiger partial charge in [0.1, 0.15) is 5.75 Å². The summed E-state index contributed by atoms with van der Waals surface area (Å²) in [7, 11) is -1.93. The normalized spacial score (nSPS) is 12.7. The van der Waals surface area contributed by atoms with Crippen LogP contribution in [0.15, 0.2) is 6.58 Å². The number of hydrogen-bond donors (Lipinski definition) is 0. The Morgan fingerprint density at radius 2 is 1.19 bits per heavy atom. The Morgan fingerprint density at radius 1 is 0.808 bits per heavy atom. The molecule has 0 atom stereocenters. The summed E-state index contributed by atoms with van der Waals surface area (Å²) in [6.07, 6.45) is 1.80. The van der Waals surface area contributed by atoms with Gasteiger partial charge in [-0.05, 0) is 69.7 Å². The van der Waals surface area contributed by atoms with Gasteiger partial charge in [-0.1, -0.05) is 12.7 Å². The molecule has 1 aromatic carbocycles. The van der Waals surface area contributed by atoms with Gasteiger partial charge < -0.3 is 13.3 Å². The molecule has 0 spiro atoms. The van der Waals surface area contributed by atoms with E-state index in [0.29, 0.717) is 23.1 Å². The van der Waals surface area contributed by atoms with Crippen LogP contribution >= 0.6 is 11.6 Å².